The lowest BCUT2D eigenvalue weighted by Crippen LogP contribution is -2.21. The zero-order valence-corrected chi connectivity index (χ0v) is 8.09. The van der Waals surface area contributed by atoms with E-state index in [1.165, 1.54) is 0 Å². The molecule has 0 fully saturated rings. The van der Waals surface area contributed by atoms with Crippen molar-refractivity contribution in [3.05, 3.63) is 29.9 Å². The summed E-state index contributed by atoms with van der Waals surface area (Å²) in [6, 6.07) is 5.53. The van der Waals surface area contributed by atoms with Gasteiger partial charge in [-0.3, -0.25) is 0 Å². The molecule has 0 bridgehead atoms. The molecule has 0 saturated heterocycles. The molecule has 1 aromatic heterocycles. The van der Waals surface area contributed by atoms with Gasteiger partial charge in [-0.15, -0.1) is 10.2 Å². The minimum atomic E-state index is 0.0719. The topological polar surface area (TPSA) is 75.9 Å². The lowest BCUT2D eigenvalue weighted by molar-refractivity contribution is 0.273. The number of aliphatic hydroxyl groups is 1. The highest BCUT2D eigenvalue weighted by atomic mass is 16.3. The van der Waals surface area contributed by atoms with E-state index >= 15 is 0 Å². The second kappa shape index (κ2) is 5.18. The van der Waals surface area contributed by atoms with Gasteiger partial charge >= 0.3 is 0 Å². The lowest BCUT2D eigenvalue weighted by Gasteiger charge is -2.02. The van der Waals surface area contributed by atoms with Crippen LogP contribution in [0.4, 0.5) is 0 Å². The summed E-state index contributed by atoms with van der Waals surface area (Å²) in [4.78, 5) is 0. The van der Waals surface area contributed by atoms with Crippen molar-refractivity contribution >= 4 is 5.84 Å². The number of aromatic nitrogens is 1. The molecule has 0 spiro atoms. The van der Waals surface area contributed by atoms with Gasteiger partial charge in [-0.25, -0.2) is 0 Å². The van der Waals surface area contributed by atoms with Gasteiger partial charge in [0.1, 0.15) is 5.84 Å². The Morgan fingerprint density at radius 3 is 3.00 bits per heavy atom. The van der Waals surface area contributed by atoms with Gasteiger partial charge in [0.25, 0.3) is 0 Å². The average Bonchev–Trinajstić information content (AvgIpc) is 2.17. The predicted octanol–water partition coefficient (Wildman–Crippen LogP) is -0.327. The third-order valence-electron chi connectivity index (χ3n) is 1.57. The van der Waals surface area contributed by atoms with Gasteiger partial charge in [0.05, 0.1) is 6.61 Å². The maximum absolute atomic E-state index is 8.80. The first kappa shape index (κ1) is 10.5. The highest BCUT2D eigenvalue weighted by Crippen LogP contribution is 1.82. The first-order chi connectivity index (χ1) is 6.74. The minimum absolute atomic E-state index is 0.0719. The molecule has 1 rings (SSSR count). The molecule has 0 saturated carbocycles. The highest BCUT2D eigenvalue weighted by molar-refractivity contribution is 5.77. The zero-order chi connectivity index (χ0) is 10.4. The Hall–Kier alpha value is -1.62. The van der Waals surface area contributed by atoms with Crippen molar-refractivity contribution in [2.45, 2.75) is 13.5 Å². The Bertz CT molecular complexity index is 376. The van der Waals surface area contributed by atoms with Crippen molar-refractivity contribution in [1.82, 2.24) is 4.57 Å². The largest absolute Gasteiger partial charge is 0.395 e. The molecule has 14 heavy (non-hydrogen) atoms. The molecular weight excluding hydrogens is 180 g/mol. The molecule has 0 unspecified atom stereocenters. The van der Waals surface area contributed by atoms with Crippen molar-refractivity contribution in [2.75, 3.05) is 6.61 Å². The summed E-state index contributed by atoms with van der Waals surface area (Å²) in [6.07, 6.45) is 1.83. The van der Waals surface area contributed by atoms with E-state index < -0.39 is 0 Å². The van der Waals surface area contributed by atoms with E-state index in [4.69, 9.17) is 10.8 Å². The maximum Gasteiger partial charge on any atom is 0.155 e. The molecule has 0 aromatic carbocycles. The second-order valence-electron chi connectivity index (χ2n) is 2.82. The van der Waals surface area contributed by atoms with Crippen LogP contribution >= 0.6 is 0 Å². The van der Waals surface area contributed by atoms with E-state index in [1.54, 1.807) is 11.5 Å². The Labute approximate surface area is 82.2 Å². The van der Waals surface area contributed by atoms with Crippen LogP contribution in [0.25, 0.3) is 0 Å². The second-order valence-corrected chi connectivity index (χ2v) is 2.82. The van der Waals surface area contributed by atoms with Crippen LogP contribution in [-0.2, 0) is 6.54 Å². The molecule has 1 aromatic rings. The Kier molecular flexibility index (Phi) is 3.87. The number of amidine groups is 1. The zero-order valence-electron chi connectivity index (χ0n) is 8.09. The molecular formula is C9H14N4O. The first-order valence-corrected chi connectivity index (χ1v) is 4.34. The van der Waals surface area contributed by atoms with Crippen molar-refractivity contribution in [2.24, 2.45) is 15.9 Å². The minimum Gasteiger partial charge on any atom is -0.395 e. The summed E-state index contributed by atoms with van der Waals surface area (Å²) < 4.78 is 1.80. The molecule has 0 aliphatic rings. The quantitative estimate of drug-likeness (QED) is 0.393. The van der Waals surface area contributed by atoms with Crippen LogP contribution < -0.4 is 11.2 Å². The number of nitrogens with zero attached hydrogens (tertiary/aromatic N) is 3. The van der Waals surface area contributed by atoms with E-state index in [0.29, 0.717) is 17.9 Å². The Morgan fingerprint density at radius 2 is 2.36 bits per heavy atom. The van der Waals surface area contributed by atoms with Crippen molar-refractivity contribution in [3.63, 3.8) is 0 Å². The number of aliphatic hydroxyl groups excluding tert-OH is 1. The van der Waals surface area contributed by atoms with E-state index in [0.717, 1.165) is 0 Å². The smallest absolute Gasteiger partial charge is 0.155 e. The van der Waals surface area contributed by atoms with Crippen molar-refractivity contribution in [3.8, 4) is 0 Å². The average molecular weight is 194 g/mol. The van der Waals surface area contributed by atoms with Crippen LogP contribution in [0.2, 0.25) is 0 Å². The number of hydrogen-bond donors (Lipinski definition) is 2. The number of nitrogens with two attached hydrogens (primary N) is 1. The monoisotopic (exact) mass is 194 g/mol. The Morgan fingerprint density at radius 1 is 1.57 bits per heavy atom. The van der Waals surface area contributed by atoms with Crippen LogP contribution in [0.15, 0.2) is 34.6 Å². The van der Waals surface area contributed by atoms with Gasteiger partial charge in [-0.2, -0.15) is 0 Å². The maximum atomic E-state index is 8.80. The summed E-state index contributed by atoms with van der Waals surface area (Å²) in [5.41, 5.74) is 6.03. The van der Waals surface area contributed by atoms with Gasteiger partial charge < -0.3 is 15.4 Å². The lowest BCUT2D eigenvalue weighted by atomic mass is 10.4. The summed E-state index contributed by atoms with van der Waals surface area (Å²) in [6.45, 7) is 2.24. The standard InChI is InChI=1S/C9H14N4O/c1-8(10)11-12-9-4-2-3-5-13(9)6-7-14/h2-5,14H,6-7H2,1H3,(H2,10,11)/b12-9+. The third kappa shape index (κ3) is 3.02. The molecule has 3 N–H and O–H groups in total. The van der Waals surface area contributed by atoms with Crippen LogP contribution in [0.3, 0.4) is 0 Å². The summed E-state index contributed by atoms with van der Waals surface area (Å²) in [5, 5.41) is 16.5. The summed E-state index contributed by atoms with van der Waals surface area (Å²) in [5.74, 6) is 0.407. The van der Waals surface area contributed by atoms with Crippen LogP contribution in [0, 0.1) is 0 Å². The molecule has 76 valence electrons. The molecule has 0 radical (unpaired) electrons. The van der Waals surface area contributed by atoms with E-state index in [2.05, 4.69) is 10.2 Å². The molecule has 0 aliphatic carbocycles. The number of rotatable bonds is 3. The van der Waals surface area contributed by atoms with Gasteiger partial charge in [-0.1, -0.05) is 6.07 Å². The molecule has 5 heteroatoms. The van der Waals surface area contributed by atoms with Gasteiger partial charge in [-0.05, 0) is 19.1 Å². The molecule has 0 aliphatic heterocycles. The van der Waals surface area contributed by atoms with E-state index in [1.807, 2.05) is 24.4 Å². The van der Waals surface area contributed by atoms with Gasteiger partial charge in [0.2, 0.25) is 0 Å². The fourth-order valence-corrected chi connectivity index (χ4v) is 0.985. The van der Waals surface area contributed by atoms with Crippen LogP contribution in [-0.4, -0.2) is 22.1 Å². The SMILES string of the molecule is C/C(N)=N\N=c1/ccccn1CCO. The fourth-order valence-electron chi connectivity index (χ4n) is 0.985. The number of hydrogen-bond acceptors (Lipinski definition) is 3. The first-order valence-electron chi connectivity index (χ1n) is 4.34. The van der Waals surface area contributed by atoms with E-state index in [9.17, 15) is 0 Å². The fraction of sp³-hybridized carbons (Fsp3) is 0.333. The third-order valence-corrected chi connectivity index (χ3v) is 1.57. The molecule has 0 amide bonds. The highest BCUT2D eigenvalue weighted by Gasteiger charge is 1.89. The van der Waals surface area contributed by atoms with Crippen molar-refractivity contribution in [1.29, 1.82) is 0 Å². The van der Waals surface area contributed by atoms with E-state index in [-0.39, 0.29) is 6.61 Å². The van der Waals surface area contributed by atoms with Crippen LogP contribution in [0.1, 0.15) is 6.92 Å². The predicted molar refractivity (Wildman–Crippen MR) is 54.4 cm³/mol. The molecule has 1 heterocycles. The molecule has 5 nitrogen and oxygen atoms in total. The normalized spacial score (nSPS) is 13.3. The van der Waals surface area contributed by atoms with Gasteiger partial charge in [0.15, 0.2) is 5.49 Å². The van der Waals surface area contributed by atoms with Crippen molar-refractivity contribution < 1.29 is 5.11 Å². The summed E-state index contributed by atoms with van der Waals surface area (Å²) >= 11 is 0. The molecule has 0 atom stereocenters. The summed E-state index contributed by atoms with van der Waals surface area (Å²) in [7, 11) is 0. The van der Waals surface area contributed by atoms with Gasteiger partial charge in [0, 0.05) is 12.7 Å². The Balaban J connectivity index is 3.06. The number of pyridine rings is 1. The van der Waals surface area contributed by atoms with Crippen LogP contribution in [0.5, 0.6) is 0 Å².